The van der Waals surface area contributed by atoms with E-state index < -0.39 is 0 Å². The number of thiazole rings is 1. The van der Waals surface area contributed by atoms with E-state index in [1.165, 1.54) is 0 Å². The number of aryl methyl sites for hydroxylation is 1. The van der Waals surface area contributed by atoms with Gasteiger partial charge in [0.15, 0.2) is 0 Å². The van der Waals surface area contributed by atoms with Gasteiger partial charge in [0.2, 0.25) is 0 Å². The standard InChI is InChI=1S/C23H20N2O3S/c1-14-8-9-15(23-25-19-6-4-5-7-21(19)29-23)12-20(14)24-22(26)16-10-17(27-2)13-18(11-16)28-3/h4-13H,1-3H3,(H,24,26). The van der Waals surface area contributed by atoms with Crippen molar-refractivity contribution in [3.63, 3.8) is 0 Å². The van der Waals surface area contributed by atoms with Crippen molar-refractivity contribution in [3.05, 3.63) is 71.8 Å². The maximum atomic E-state index is 12.9. The molecule has 4 aromatic rings. The van der Waals surface area contributed by atoms with Gasteiger partial charge in [-0.05, 0) is 42.8 Å². The van der Waals surface area contributed by atoms with E-state index in [4.69, 9.17) is 14.5 Å². The maximum Gasteiger partial charge on any atom is 0.255 e. The second-order valence-corrected chi connectivity index (χ2v) is 7.60. The summed E-state index contributed by atoms with van der Waals surface area (Å²) in [6.07, 6.45) is 0. The number of aromatic nitrogens is 1. The van der Waals surface area contributed by atoms with Gasteiger partial charge in [-0.1, -0.05) is 24.3 Å². The molecule has 3 aromatic carbocycles. The molecule has 0 aliphatic rings. The second kappa shape index (κ2) is 7.93. The number of fused-ring (bicyclic) bond motifs is 1. The summed E-state index contributed by atoms with van der Waals surface area (Å²) in [5, 5.41) is 3.92. The average Bonchev–Trinajstić information content (AvgIpc) is 3.19. The molecule has 0 saturated carbocycles. The van der Waals surface area contributed by atoms with E-state index in [0.717, 1.165) is 32.0 Å². The number of amides is 1. The number of benzene rings is 3. The predicted molar refractivity (Wildman–Crippen MR) is 117 cm³/mol. The van der Waals surface area contributed by atoms with E-state index in [9.17, 15) is 4.79 Å². The first-order valence-electron chi connectivity index (χ1n) is 9.08. The number of carbonyl (C=O) groups is 1. The molecule has 1 heterocycles. The fourth-order valence-corrected chi connectivity index (χ4v) is 3.98. The number of nitrogens with zero attached hydrogens (tertiary/aromatic N) is 1. The van der Waals surface area contributed by atoms with Crippen molar-refractivity contribution in [2.45, 2.75) is 6.92 Å². The highest BCUT2D eigenvalue weighted by Crippen LogP contribution is 2.32. The lowest BCUT2D eigenvalue weighted by Gasteiger charge is -2.12. The van der Waals surface area contributed by atoms with Crippen molar-refractivity contribution in [1.29, 1.82) is 0 Å². The number of hydrogen-bond donors (Lipinski definition) is 1. The molecule has 1 aromatic heterocycles. The molecule has 0 aliphatic heterocycles. The smallest absolute Gasteiger partial charge is 0.255 e. The minimum atomic E-state index is -0.230. The molecule has 0 fully saturated rings. The maximum absolute atomic E-state index is 12.9. The van der Waals surface area contributed by atoms with Crippen LogP contribution in [0.25, 0.3) is 20.8 Å². The molecule has 0 unspecified atom stereocenters. The van der Waals surface area contributed by atoms with Gasteiger partial charge in [-0.25, -0.2) is 4.98 Å². The molecule has 0 radical (unpaired) electrons. The van der Waals surface area contributed by atoms with Gasteiger partial charge in [0.1, 0.15) is 16.5 Å². The van der Waals surface area contributed by atoms with Crippen LogP contribution in [0, 0.1) is 6.92 Å². The summed E-state index contributed by atoms with van der Waals surface area (Å²) in [6.45, 7) is 1.96. The molecule has 6 heteroatoms. The number of para-hydroxylation sites is 1. The van der Waals surface area contributed by atoms with Crippen LogP contribution in [-0.4, -0.2) is 25.1 Å². The van der Waals surface area contributed by atoms with Crippen LogP contribution in [0.2, 0.25) is 0 Å². The summed E-state index contributed by atoms with van der Waals surface area (Å²) in [4.78, 5) is 17.6. The van der Waals surface area contributed by atoms with Crippen LogP contribution >= 0.6 is 11.3 Å². The summed E-state index contributed by atoms with van der Waals surface area (Å²) in [7, 11) is 3.12. The van der Waals surface area contributed by atoms with E-state index in [1.54, 1.807) is 43.8 Å². The molecular formula is C23H20N2O3S. The Bertz CT molecular complexity index is 1140. The van der Waals surface area contributed by atoms with E-state index in [-0.39, 0.29) is 5.91 Å². The molecule has 5 nitrogen and oxygen atoms in total. The van der Waals surface area contributed by atoms with Gasteiger partial charge >= 0.3 is 0 Å². The average molecular weight is 404 g/mol. The third-order valence-corrected chi connectivity index (χ3v) is 5.73. The molecule has 1 N–H and O–H groups in total. The normalized spacial score (nSPS) is 10.7. The van der Waals surface area contributed by atoms with Crippen molar-refractivity contribution in [1.82, 2.24) is 4.98 Å². The quantitative estimate of drug-likeness (QED) is 0.474. The molecular weight excluding hydrogens is 384 g/mol. The molecule has 1 amide bonds. The molecule has 146 valence electrons. The summed E-state index contributed by atoms with van der Waals surface area (Å²) < 4.78 is 11.7. The highest BCUT2D eigenvalue weighted by molar-refractivity contribution is 7.21. The summed E-state index contributed by atoms with van der Waals surface area (Å²) in [5.74, 6) is 0.899. The lowest BCUT2D eigenvalue weighted by molar-refractivity contribution is 0.102. The Hall–Kier alpha value is -3.38. The SMILES string of the molecule is COc1cc(OC)cc(C(=O)Nc2cc(-c3nc4ccccc4s3)ccc2C)c1. The number of hydrogen-bond acceptors (Lipinski definition) is 5. The zero-order valence-corrected chi connectivity index (χ0v) is 17.2. The van der Waals surface area contributed by atoms with Crippen LogP contribution in [0.3, 0.4) is 0 Å². The monoisotopic (exact) mass is 404 g/mol. The minimum Gasteiger partial charge on any atom is -0.497 e. The van der Waals surface area contributed by atoms with Crippen molar-refractivity contribution in [3.8, 4) is 22.1 Å². The van der Waals surface area contributed by atoms with Gasteiger partial charge in [-0.2, -0.15) is 0 Å². The van der Waals surface area contributed by atoms with Gasteiger partial charge < -0.3 is 14.8 Å². The first kappa shape index (κ1) is 19.0. The van der Waals surface area contributed by atoms with Crippen molar-refractivity contribution < 1.29 is 14.3 Å². The summed E-state index contributed by atoms with van der Waals surface area (Å²) in [6, 6.07) is 19.1. The fourth-order valence-electron chi connectivity index (χ4n) is 3.02. The topological polar surface area (TPSA) is 60.5 Å². The van der Waals surface area contributed by atoms with E-state index >= 15 is 0 Å². The Labute approximate surface area is 172 Å². The van der Waals surface area contributed by atoms with E-state index in [0.29, 0.717) is 17.1 Å². The Morgan fingerprint density at radius 3 is 2.38 bits per heavy atom. The van der Waals surface area contributed by atoms with Crippen LogP contribution in [-0.2, 0) is 0 Å². The Kier molecular flexibility index (Phi) is 5.18. The molecule has 0 atom stereocenters. The number of nitrogens with one attached hydrogen (secondary N) is 1. The lowest BCUT2D eigenvalue weighted by atomic mass is 10.1. The van der Waals surface area contributed by atoms with Crippen LogP contribution in [0.5, 0.6) is 11.5 Å². The molecule has 29 heavy (non-hydrogen) atoms. The lowest BCUT2D eigenvalue weighted by Crippen LogP contribution is -2.13. The van der Waals surface area contributed by atoms with Gasteiger partial charge in [-0.15, -0.1) is 11.3 Å². The number of rotatable bonds is 5. The van der Waals surface area contributed by atoms with Crippen LogP contribution < -0.4 is 14.8 Å². The number of ether oxygens (including phenoxy) is 2. The fraction of sp³-hybridized carbons (Fsp3) is 0.130. The molecule has 4 rings (SSSR count). The third-order valence-electron chi connectivity index (χ3n) is 4.64. The zero-order valence-electron chi connectivity index (χ0n) is 16.4. The van der Waals surface area contributed by atoms with Gasteiger partial charge in [0, 0.05) is 22.9 Å². The molecule has 0 aliphatic carbocycles. The Morgan fingerprint density at radius 1 is 0.966 bits per heavy atom. The third kappa shape index (κ3) is 3.93. The van der Waals surface area contributed by atoms with Crippen molar-refractivity contribution in [2.75, 3.05) is 19.5 Å². The largest absolute Gasteiger partial charge is 0.497 e. The Morgan fingerprint density at radius 2 is 1.69 bits per heavy atom. The van der Waals surface area contributed by atoms with Crippen LogP contribution in [0.15, 0.2) is 60.7 Å². The van der Waals surface area contributed by atoms with Crippen LogP contribution in [0.4, 0.5) is 5.69 Å². The highest BCUT2D eigenvalue weighted by Gasteiger charge is 2.13. The van der Waals surface area contributed by atoms with Crippen molar-refractivity contribution >= 4 is 33.1 Å². The predicted octanol–water partition coefficient (Wildman–Crippen LogP) is 5.54. The number of carbonyl (C=O) groups excluding carboxylic acids is 1. The van der Waals surface area contributed by atoms with E-state index in [2.05, 4.69) is 11.4 Å². The van der Waals surface area contributed by atoms with Gasteiger partial charge in [0.05, 0.1) is 24.4 Å². The number of methoxy groups -OCH3 is 2. The minimum absolute atomic E-state index is 0.230. The van der Waals surface area contributed by atoms with E-state index in [1.807, 2.05) is 43.3 Å². The first-order chi connectivity index (χ1) is 14.1. The summed E-state index contributed by atoms with van der Waals surface area (Å²) in [5.41, 5.74) is 4.12. The van der Waals surface area contributed by atoms with Gasteiger partial charge in [-0.3, -0.25) is 4.79 Å². The zero-order chi connectivity index (χ0) is 20.4. The second-order valence-electron chi connectivity index (χ2n) is 6.57. The highest BCUT2D eigenvalue weighted by atomic mass is 32.1. The molecule has 0 bridgehead atoms. The first-order valence-corrected chi connectivity index (χ1v) is 9.90. The molecule has 0 spiro atoms. The van der Waals surface area contributed by atoms with Gasteiger partial charge in [0.25, 0.3) is 5.91 Å². The van der Waals surface area contributed by atoms with Crippen LogP contribution in [0.1, 0.15) is 15.9 Å². The Balaban J connectivity index is 1.65. The summed E-state index contributed by atoms with van der Waals surface area (Å²) >= 11 is 1.63. The number of anilines is 1. The van der Waals surface area contributed by atoms with Crippen molar-refractivity contribution in [2.24, 2.45) is 0 Å². The molecule has 0 saturated heterocycles.